The minimum atomic E-state index is -3.31. The Kier molecular flexibility index (Phi) is 5.39. The van der Waals surface area contributed by atoms with Gasteiger partial charge in [-0.1, -0.05) is 0 Å². The average molecular weight is 195 g/mol. The highest BCUT2D eigenvalue weighted by Crippen LogP contribution is 1.83. The van der Waals surface area contributed by atoms with Gasteiger partial charge in [0.2, 0.25) is 0 Å². The fraction of sp³-hybridized carbons (Fsp3) is 1.00. The van der Waals surface area contributed by atoms with Crippen molar-refractivity contribution in [3.8, 4) is 0 Å². The Morgan fingerprint density at radius 3 is 2.42 bits per heavy atom. The quantitative estimate of drug-likeness (QED) is 0.484. The summed E-state index contributed by atoms with van der Waals surface area (Å²) in [5.74, 6) is 0. The molecule has 0 aromatic heterocycles. The van der Waals surface area contributed by atoms with Crippen LogP contribution in [0.25, 0.3) is 0 Å². The minimum Gasteiger partial charge on any atom is -0.330 e. The van der Waals surface area contributed by atoms with Crippen LogP contribution in [-0.4, -0.2) is 27.5 Å². The summed E-state index contributed by atoms with van der Waals surface area (Å²) in [5, 5.41) is 0. The lowest BCUT2D eigenvalue weighted by atomic mass is 10.4. The Balaban J connectivity index is 3.73. The van der Waals surface area contributed by atoms with Crippen molar-refractivity contribution in [1.82, 2.24) is 9.44 Å². The van der Waals surface area contributed by atoms with E-state index in [2.05, 4.69) is 9.44 Å². The first kappa shape index (κ1) is 11.8. The van der Waals surface area contributed by atoms with E-state index in [0.717, 1.165) is 0 Å². The topological polar surface area (TPSA) is 84.2 Å². The van der Waals surface area contributed by atoms with E-state index in [0.29, 0.717) is 19.5 Å². The number of hydrogen-bond donors (Lipinski definition) is 3. The highest BCUT2D eigenvalue weighted by molar-refractivity contribution is 7.87. The van der Waals surface area contributed by atoms with E-state index >= 15 is 0 Å². The lowest BCUT2D eigenvalue weighted by molar-refractivity contribution is 0.553. The summed E-state index contributed by atoms with van der Waals surface area (Å²) in [6.07, 6.45) is 0.652. The highest BCUT2D eigenvalue weighted by atomic mass is 32.2. The van der Waals surface area contributed by atoms with Crippen LogP contribution in [0.15, 0.2) is 0 Å². The van der Waals surface area contributed by atoms with Gasteiger partial charge in [0, 0.05) is 12.6 Å². The van der Waals surface area contributed by atoms with Gasteiger partial charge >= 0.3 is 0 Å². The maximum absolute atomic E-state index is 11.1. The van der Waals surface area contributed by atoms with Gasteiger partial charge in [0.1, 0.15) is 0 Å². The van der Waals surface area contributed by atoms with Crippen molar-refractivity contribution < 1.29 is 8.42 Å². The second-order valence-corrected chi connectivity index (χ2v) is 4.34. The van der Waals surface area contributed by atoms with Crippen LogP contribution in [-0.2, 0) is 10.2 Å². The van der Waals surface area contributed by atoms with Crippen molar-refractivity contribution in [2.75, 3.05) is 13.1 Å². The van der Waals surface area contributed by atoms with Gasteiger partial charge < -0.3 is 5.73 Å². The van der Waals surface area contributed by atoms with Gasteiger partial charge in [0.05, 0.1) is 0 Å². The van der Waals surface area contributed by atoms with Crippen molar-refractivity contribution >= 4 is 10.2 Å². The lowest BCUT2D eigenvalue weighted by Crippen LogP contribution is -2.40. The summed E-state index contributed by atoms with van der Waals surface area (Å²) < 4.78 is 26.9. The first-order valence-corrected chi connectivity index (χ1v) is 5.43. The third-order valence-electron chi connectivity index (χ3n) is 1.06. The fourth-order valence-electron chi connectivity index (χ4n) is 0.661. The van der Waals surface area contributed by atoms with Crippen molar-refractivity contribution in [3.63, 3.8) is 0 Å². The SMILES string of the molecule is CC(C)NS(=O)(=O)NCCCN. The van der Waals surface area contributed by atoms with Crippen LogP contribution in [0.1, 0.15) is 20.3 Å². The van der Waals surface area contributed by atoms with Gasteiger partial charge in [-0.15, -0.1) is 0 Å². The van der Waals surface area contributed by atoms with E-state index in [4.69, 9.17) is 5.73 Å². The molecule has 0 aliphatic rings. The molecule has 6 heteroatoms. The Bertz CT molecular complexity index is 201. The van der Waals surface area contributed by atoms with Gasteiger partial charge in [0.15, 0.2) is 0 Å². The standard InChI is InChI=1S/C6H17N3O2S/c1-6(2)9-12(10,11)8-5-3-4-7/h6,8-9H,3-5,7H2,1-2H3. The maximum atomic E-state index is 11.1. The van der Waals surface area contributed by atoms with Crippen molar-refractivity contribution in [3.05, 3.63) is 0 Å². The Morgan fingerprint density at radius 1 is 1.42 bits per heavy atom. The summed E-state index contributed by atoms with van der Waals surface area (Å²) in [6, 6.07) is -0.0830. The maximum Gasteiger partial charge on any atom is 0.277 e. The first-order chi connectivity index (χ1) is 5.48. The fourth-order valence-corrected chi connectivity index (χ4v) is 1.78. The molecule has 12 heavy (non-hydrogen) atoms. The molecule has 0 aliphatic heterocycles. The predicted molar refractivity (Wildman–Crippen MR) is 48.9 cm³/mol. The zero-order valence-electron chi connectivity index (χ0n) is 7.50. The summed E-state index contributed by atoms with van der Waals surface area (Å²) in [7, 11) is -3.31. The minimum absolute atomic E-state index is 0.0830. The van der Waals surface area contributed by atoms with Crippen LogP contribution < -0.4 is 15.2 Å². The van der Waals surface area contributed by atoms with E-state index < -0.39 is 10.2 Å². The molecular formula is C6H17N3O2S. The van der Waals surface area contributed by atoms with E-state index in [1.807, 2.05) is 0 Å². The van der Waals surface area contributed by atoms with Crippen LogP contribution in [0.2, 0.25) is 0 Å². The van der Waals surface area contributed by atoms with E-state index in [9.17, 15) is 8.42 Å². The monoisotopic (exact) mass is 195 g/mol. The second kappa shape index (κ2) is 5.47. The van der Waals surface area contributed by atoms with Crippen LogP contribution in [0.5, 0.6) is 0 Å². The first-order valence-electron chi connectivity index (χ1n) is 3.95. The molecule has 0 rings (SSSR count). The molecule has 74 valence electrons. The predicted octanol–water partition coefficient (Wildman–Crippen LogP) is -0.832. The number of nitrogens with one attached hydrogen (secondary N) is 2. The molecule has 4 N–H and O–H groups in total. The zero-order chi connectivity index (χ0) is 9.61. The smallest absolute Gasteiger partial charge is 0.277 e. The largest absolute Gasteiger partial charge is 0.330 e. The molecule has 0 aromatic carbocycles. The van der Waals surface area contributed by atoms with Crippen LogP contribution >= 0.6 is 0 Å². The molecule has 0 aliphatic carbocycles. The Hall–Kier alpha value is -0.170. The van der Waals surface area contributed by atoms with Crippen molar-refractivity contribution in [2.45, 2.75) is 26.3 Å². The molecule has 0 unspecified atom stereocenters. The zero-order valence-corrected chi connectivity index (χ0v) is 8.32. The summed E-state index contributed by atoms with van der Waals surface area (Å²) in [4.78, 5) is 0. The van der Waals surface area contributed by atoms with Gasteiger partial charge in [-0.2, -0.15) is 13.1 Å². The van der Waals surface area contributed by atoms with Crippen LogP contribution in [0, 0.1) is 0 Å². The molecule has 5 nitrogen and oxygen atoms in total. The normalized spacial score (nSPS) is 12.3. The molecule has 0 bridgehead atoms. The molecule has 0 aromatic rings. The molecular weight excluding hydrogens is 178 g/mol. The van der Waals surface area contributed by atoms with Crippen LogP contribution in [0.4, 0.5) is 0 Å². The summed E-state index contributed by atoms with van der Waals surface area (Å²) in [5.41, 5.74) is 5.20. The molecule has 0 heterocycles. The average Bonchev–Trinajstić information content (AvgIpc) is 1.84. The lowest BCUT2D eigenvalue weighted by Gasteiger charge is -2.09. The third-order valence-corrected chi connectivity index (χ3v) is 2.43. The van der Waals surface area contributed by atoms with E-state index in [1.165, 1.54) is 0 Å². The molecule has 0 fully saturated rings. The Labute approximate surface area is 73.9 Å². The van der Waals surface area contributed by atoms with Crippen molar-refractivity contribution in [2.24, 2.45) is 5.73 Å². The molecule has 0 spiro atoms. The van der Waals surface area contributed by atoms with Crippen molar-refractivity contribution in [1.29, 1.82) is 0 Å². The second-order valence-electron chi connectivity index (χ2n) is 2.81. The van der Waals surface area contributed by atoms with Gasteiger partial charge in [-0.25, -0.2) is 4.72 Å². The number of hydrogen-bond acceptors (Lipinski definition) is 3. The van der Waals surface area contributed by atoms with E-state index in [1.54, 1.807) is 13.8 Å². The molecule has 0 atom stereocenters. The highest BCUT2D eigenvalue weighted by Gasteiger charge is 2.08. The van der Waals surface area contributed by atoms with Crippen LogP contribution in [0.3, 0.4) is 0 Å². The van der Waals surface area contributed by atoms with Gasteiger partial charge in [-0.3, -0.25) is 0 Å². The van der Waals surface area contributed by atoms with E-state index in [-0.39, 0.29) is 6.04 Å². The summed E-state index contributed by atoms with van der Waals surface area (Å²) >= 11 is 0. The van der Waals surface area contributed by atoms with Gasteiger partial charge in [-0.05, 0) is 26.8 Å². The number of rotatable bonds is 6. The summed E-state index contributed by atoms with van der Waals surface area (Å²) in [6.45, 7) is 4.41. The molecule has 0 radical (unpaired) electrons. The van der Waals surface area contributed by atoms with Gasteiger partial charge in [0.25, 0.3) is 10.2 Å². The Morgan fingerprint density at radius 2 is 2.00 bits per heavy atom. The molecule has 0 amide bonds. The molecule has 0 saturated carbocycles. The number of nitrogens with two attached hydrogens (primary N) is 1. The molecule has 0 saturated heterocycles. The third kappa shape index (κ3) is 6.53.